The fourth-order valence-electron chi connectivity index (χ4n) is 3.36. The summed E-state index contributed by atoms with van der Waals surface area (Å²) in [7, 11) is 0. The van der Waals surface area contributed by atoms with E-state index in [4.69, 9.17) is 16.3 Å². The average molecular weight is 460 g/mol. The molecule has 0 bridgehead atoms. The Bertz CT molecular complexity index is 1230. The molecule has 0 saturated heterocycles. The second-order valence-corrected chi connectivity index (χ2v) is 7.78. The van der Waals surface area contributed by atoms with Gasteiger partial charge in [-0.2, -0.15) is 5.10 Å². The molecule has 1 atom stereocenters. The Balaban J connectivity index is 1.41. The molecule has 1 aromatic heterocycles. The fraction of sp³-hybridized carbons (Fsp3) is 0.115. The average Bonchev–Trinajstić information content (AvgIpc) is 3.33. The maximum Gasteiger partial charge on any atom is 0.308 e. The molecular formula is C26H22ClN3O3. The summed E-state index contributed by atoms with van der Waals surface area (Å²) in [6, 6.07) is 27.0. The van der Waals surface area contributed by atoms with Gasteiger partial charge in [0.1, 0.15) is 12.3 Å². The molecule has 0 saturated carbocycles. The minimum atomic E-state index is -0.565. The van der Waals surface area contributed by atoms with E-state index in [1.807, 2.05) is 66.9 Å². The summed E-state index contributed by atoms with van der Waals surface area (Å²) in [5.41, 5.74) is 2.69. The molecule has 0 fully saturated rings. The Hall–Kier alpha value is -3.90. The van der Waals surface area contributed by atoms with Gasteiger partial charge in [-0.15, -0.1) is 0 Å². The Labute approximate surface area is 196 Å². The number of hydrogen-bond donors (Lipinski definition) is 1. The summed E-state index contributed by atoms with van der Waals surface area (Å²) in [4.78, 5) is 25.4. The number of benzene rings is 3. The highest BCUT2D eigenvalue weighted by Crippen LogP contribution is 2.21. The Morgan fingerprint density at radius 1 is 0.909 bits per heavy atom. The van der Waals surface area contributed by atoms with Gasteiger partial charge < -0.3 is 10.1 Å². The minimum Gasteiger partial charge on any atom is -0.459 e. The van der Waals surface area contributed by atoms with Crippen LogP contribution in [-0.4, -0.2) is 21.7 Å². The zero-order valence-corrected chi connectivity index (χ0v) is 18.5. The van der Waals surface area contributed by atoms with Crippen LogP contribution in [0.3, 0.4) is 0 Å². The van der Waals surface area contributed by atoms with Crippen molar-refractivity contribution in [2.24, 2.45) is 0 Å². The van der Waals surface area contributed by atoms with E-state index in [2.05, 4.69) is 10.4 Å². The maximum absolute atomic E-state index is 12.8. The van der Waals surface area contributed by atoms with Crippen LogP contribution in [0.4, 0.5) is 0 Å². The van der Waals surface area contributed by atoms with Gasteiger partial charge in [0.25, 0.3) is 5.91 Å². The molecule has 33 heavy (non-hydrogen) atoms. The number of amides is 1. The number of esters is 1. The van der Waals surface area contributed by atoms with Gasteiger partial charge in [-0.25, -0.2) is 4.68 Å². The van der Waals surface area contributed by atoms with Crippen LogP contribution < -0.4 is 5.32 Å². The molecule has 0 aliphatic heterocycles. The third kappa shape index (κ3) is 5.87. The van der Waals surface area contributed by atoms with Gasteiger partial charge in [-0.1, -0.05) is 72.3 Å². The normalized spacial score (nSPS) is 11.5. The van der Waals surface area contributed by atoms with Crippen LogP contribution in [0.25, 0.3) is 5.69 Å². The van der Waals surface area contributed by atoms with Crippen LogP contribution in [0.15, 0.2) is 97.2 Å². The van der Waals surface area contributed by atoms with Crippen molar-refractivity contribution < 1.29 is 14.3 Å². The third-order valence-corrected chi connectivity index (χ3v) is 5.37. The monoisotopic (exact) mass is 459 g/mol. The van der Waals surface area contributed by atoms with E-state index in [9.17, 15) is 9.59 Å². The number of hydrogen-bond acceptors (Lipinski definition) is 4. The molecule has 1 amide bonds. The van der Waals surface area contributed by atoms with Crippen LogP contribution in [0.5, 0.6) is 0 Å². The molecule has 1 heterocycles. The highest BCUT2D eigenvalue weighted by Gasteiger charge is 2.21. The van der Waals surface area contributed by atoms with Gasteiger partial charge >= 0.3 is 5.97 Å². The fourth-order valence-corrected chi connectivity index (χ4v) is 3.58. The standard InChI is InChI=1S/C26H22ClN3O3/c27-23-14-8-7-13-22(23)26(32)28-24(19-9-3-1-4-10-19)17-25(31)33-18-20-15-16-30(29-20)21-11-5-2-6-12-21/h1-16,24H,17-18H2,(H,28,32). The SMILES string of the molecule is O=C(CC(NC(=O)c1ccccc1Cl)c1ccccc1)OCc1ccn(-c2ccccc2)n1. The second-order valence-electron chi connectivity index (χ2n) is 7.37. The molecule has 4 rings (SSSR count). The Morgan fingerprint density at radius 2 is 1.58 bits per heavy atom. The lowest BCUT2D eigenvalue weighted by molar-refractivity contribution is -0.145. The summed E-state index contributed by atoms with van der Waals surface area (Å²) >= 11 is 6.16. The first-order chi connectivity index (χ1) is 16.1. The minimum absolute atomic E-state index is 0.0282. The lowest BCUT2D eigenvalue weighted by Gasteiger charge is -2.19. The van der Waals surface area contributed by atoms with E-state index in [1.54, 1.807) is 35.0 Å². The smallest absolute Gasteiger partial charge is 0.308 e. The van der Waals surface area contributed by atoms with Crippen molar-refractivity contribution in [1.29, 1.82) is 0 Å². The van der Waals surface area contributed by atoms with E-state index in [-0.39, 0.29) is 18.9 Å². The van der Waals surface area contributed by atoms with E-state index in [0.29, 0.717) is 16.3 Å². The van der Waals surface area contributed by atoms with Crippen molar-refractivity contribution in [3.8, 4) is 5.69 Å². The number of nitrogens with one attached hydrogen (secondary N) is 1. The van der Waals surface area contributed by atoms with Crippen molar-refractivity contribution in [2.75, 3.05) is 0 Å². The zero-order chi connectivity index (χ0) is 23.0. The molecule has 166 valence electrons. The molecule has 4 aromatic rings. The molecule has 1 N–H and O–H groups in total. The first-order valence-corrected chi connectivity index (χ1v) is 10.8. The molecule has 1 unspecified atom stereocenters. The lowest BCUT2D eigenvalue weighted by atomic mass is 10.0. The van der Waals surface area contributed by atoms with Gasteiger partial charge in [0, 0.05) is 6.20 Å². The van der Waals surface area contributed by atoms with Gasteiger partial charge in [-0.3, -0.25) is 9.59 Å². The number of ether oxygens (including phenoxy) is 1. The van der Waals surface area contributed by atoms with E-state index >= 15 is 0 Å². The predicted octanol–water partition coefficient (Wildman–Crippen LogP) is 5.13. The van der Waals surface area contributed by atoms with E-state index < -0.39 is 12.0 Å². The van der Waals surface area contributed by atoms with Gasteiger partial charge in [0.15, 0.2) is 0 Å². The summed E-state index contributed by atoms with van der Waals surface area (Å²) in [5, 5.41) is 7.69. The molecule has 0 aliphatic carbocycles. The van der Waals surface area contributed by atoms with Crippen LogP contribution in [0.2, 0.25) is 5.02 Å². The van der Waals surface area contributed by atoms with E-state index in [1.165, 1.54) is 0 Å². The van der Waals surface area contributed by atoms with Crippen LogP contribution in [0, 0.1) is 0 Å². The number of rotatable bonds is 8. The third-order valence-electron chi connectivity index (χ3n) is 5.04. The number of para-hydroxylation sites is 1. The molecule has 0 radical (unpaired) electrons. The van der Waals surface area contributed by atoms with Crippen molar-refractivity contribution in [3.63, 3.8) is 0 Å². The molecule has 6 nitrogen and oxygen atoms in total. The molecular weight excluding hydrogens is 438 g/mol. The largest absolute Gasteiger partial charge is 0.459 e. The van der Waals surface area contributed by atoms with Crippen LogP contribution >= 0.6 is 11.6 Å². The van der Waals surface area contributed by atoms with Crippen molar-refractivity contribution in [3.05, 3.63) is 119 Å². The first kappa shape index (κ1) is 22.3. The number of carbonyl (C=O) groups is 2. The zero-order valence-electron chi connectivity index (χ0n) is 17.7. The summed E-state index contributed by atoms with van der Waals surface area (Å²) in [5.74, 6) is -0.804. The Kier molecular flexibility index (Phi) is 7.17. The van der Waals surface area contributed by atoms with Crippen molar-refractivity contribution in [1.82, 2.24) is 15.1 Å². The highest BCUT2D eigenvalue weighted by atomic mass is 35.5. The van der Waals surface area contributed by atoms with Gasteiger partial charge in [0.05, 0.1) is 28.7 Å². The summed E-state index contributed by atoms with van der Waals surface area (Å²) < 4.78 is 7.17. The first-order valence-electron chi connectivity index (χ1n) is 10.5. The highest BCUT2D eigenvalue weighted by molar-refractivity contribution is 6.33. The van der Waals surface area contributed by atoms with E-state index in [0.717, 1.165) is 11.3 Å². The molecule has 7 heteroatoms. The quantitative estimate of drug-likeness (QED) is 0.371. The number of halogens is 1. The van der Waals surface area contributed by atoms with Crippen LogP contribution in [-0.2, 0) is 16.1 Å². The van der Waals surface area contributed by atoms with Gasteiger partial charge in [-0.05, 0) is 35.9 Å². The molecule has 3 aromatic carbocycles. The lowest BCUT2D eigenvalue weighted by Crippen LogP contribution is -2.30. The van der Waals surface area contributed by atoms with Crippen LogP contribution in [0.1, 0.15) is 34.1 Å². The Morgan fingerprint density at radius 3 is 2.30 bits per heavy atom. The van der Waals surface area contributed by atoms with Crippen molar-refractivity contribution >= 4 is 23.5 Å². The van der Waals surface area contributed by atoms with Gasteiger partial charge in [0.2, 0.25) is 0 Å². The maximum atomic E-state index is 12.8. The number of nitrogens with zero attached hydrogens (tertiary/aromatic N) is 2. The molecule has 0 aliphatic rings. The molecule has 0 spiro atoms. The van der Waals surface area contributed by atoms with Crippen molar-refractivity contribution in [2.45, 2.75) is 19.1 Å². The second kappa shape index (κ2) is 10.6. The summed E-state index contributed by atoms with van der Waals surface area (Å²) in [6.45, 7) is 0.0403. The number of carbonyl (C=O) groups excluding carboxylic acids is 2. The summed E-state index contributed by atoms with van der Waals surface area (Å²) in [6.07, 6.45) is 1.79. The predicted molar refractivity (Wildman–Crippen MR) is 126 cm³/mol. The topological polar surface area (TPSA) is 73.2 Å². The number of aromatic nitrogens is 2.